The maximum absolute atomic E-state index is 6.04. The van der Waals surface area contributed by atoms with Crippen LogP contribution in [0.25, 0.3) is 0 Å². The number of hydrogen-bond donors (Lipinski definition) is 2. The van der Waals surface area contributed by atoms with Crippen LogP contribution in [0.5, 0.6) is 5.75 Å². The van der Waals surface area contributed by atoms with Gasteiger partial charge in [0.25, 0.3) is 0 Å². The molecule has 2 aliphatic rings. The second kappa shape index (κ2) is 9.99. The van der Waals surface area contributed by atoms with Gasteiger partial charge in [-0.2, -0.15) is 0 Å². The zero-order valence-corrected chi connectivity index (χ0v) is 14.6. The summed E-state index contributed by atoms with van der Waals surface area (Å²) in [7, 11) is 0. The van der Waals surface area contributed by atoms with E-state index in [1.807, 2.05) is 0 Å². The van der Waals surface area contributed by atoms with E-state index in [9.17, 15) is 0 Å². The van der Waals surface area contributed by atoms with Gasteiger partial charge < -0.3 is 20.1 Å². The molecule has 5 nitrogen and oxygen atoms in total. The highest BCUT2D eigenvalue weighted by molar-refractivity contribution is 5.33. The first kappa shape index (κ1) is 17.7. The molecule has 0 saturated carbocycles. The number of hydrogen-bond acceptors (Lipinski definition) is 5. The van der Waals surface area contributed by atoms with Crippen molar-refractivity contribution in [3.63, 3.8) is 0 Å². The molecule has 2 fully saturated rings. The summed E-state index contributed by atoms with van der Waals surface area (Å²) in [6.07, 6.45) is 3.50. The number of ether oxygens (including phenoxy) is 2. The Kier molecular flexibility index (Phi) is 7.36. The lowest BCUT2D eigenvalue weighted by molar-refractivity contribution is 0.0368. The summed E-state index contributed by atoms with van der Waals surface area (Å²) < 4.78 is 11.4. The van der Waals surface area contributed by atoms with Gasteiger partial charge in [0.15, 0.2) is 0 Å². The average molecular weight is 333 g/mol. The average Bonchev–Trinajstić information content (AvgIpc) is 3.15. The summed E-state index contributed by atoms with van der Waals surface area (Å²) in [4.78, 5) is 2.48. The van der Waals surface area contributed by atoms with Crippen LogP contribution < -0.4 is 15.4 Å². The monoisotopic (exact) mass is 333 g/mol. The van der Waals surface area contributed by atoms with Crippen LogP contribution in [-0.2, 0) is 11.3 Å². The Morgan fingerprint density at radius 2 is 2.08 bits per heavy atom. The van der Waals surface area contributed by atoms with Gasteiger partial charge >= 0.3 is 0 Å². The van der Waals surface area contributed by atoms with Crippen molar-refractivity contribution in [1.29, 1.82) is 0 Å². The van der Waals surface area contributed by atoms with Crippen molar-refractivity contribution in [2.75, 3.05) is 52.5 Å². The SMILES string of the molecule is c1ccc(OCCCCN2CCOCC2)c(CNC2CCNC2)c1. The van der Waals surface area contributed by atoms with Crippen molar-refractivity contribution in [2.24, 2.45) is 0 Å². The van der Waals surface area contributed by atoms with Crippen molar-refractivity contribution in [3.8, 4) is 5.75 Å². The molecule has 2 aliphatic heterocycles. The van der Waals surface area contributed by atoms with Crippen LogP contribution in [0.2, 0.25) is 0 Å². The Bertz CT molecular complexity index is 471. The Morgan fingerprint density at radius 3 is 2.92 bits per heavy atom. The van der Waals surface area contributed by atoms with Crippen molar-refractivity contribution < 1.29 is 9.47 Å². The Morgan fingerprint density at radius 1 is 1.21 bits per heavy atom. The van der Waals surface area contributed by atoms with Crippen LogP contribution in [0.1, 0.15) is 24.8 Å². The third-order valence-corrected chi connectivity index (χ3v) is 4.84. The first-order valence-corrected chi connectivity index (χ1v) is 9.37. The molecule has 1 atom stereocenters. The largest absolute Gasteiger partial charge is 0.493 e. The summed E-state index contributed by atoms with van der Waals surface area (Å²) in [5.74, 6) is 1.03. The molecule has 0 amide bonds. The van der Waals surface area contributed by atoms with Gasteiger partial charge in [0, 0.05) is 37.8 Å². The summed E-state index contributed by atoms with van der Waals surface area (Å²) in [6, 6.07) is 9.00. The highest BCUT2D eigenvalue weighted by Gasteiger charge is 2.14. The van der Waals surface area contributed by atoms with Crippen molar-refractivity contribution >= 4 is 0 Å². The number of unbranched alkanes of at least 4 members (excludes halogenated alkanes) is 1. The molecule has 0 aromatic heterocycles. The number of morpholine rings is 1. The molecule has 0 bridgehead atoms. The predicted octanol–water partition coefficient (Wildman–Crippen LogP) is 1.63. The lowest BCUT2D eigenvalue weighted by Crippen LogP contribution is -2.36. The molecule has 0 spiro atoms. The van der Waals surface area contributed by atoms with Gasteiger partial charge in [0.2, 0.25) is 0 Å². The number of nitrogens with zero attached hydrogens (tertiary/aromatic N) is 1. The van der Waals surface area contributed by atoms with Gasteiger partial charge in [-0.15, -0.1) is 0 Å². The topological polar surface area (TPSA) is 45.8 Å². The van der Waals surface area contributed by atoms with Gasteiger partial charge in [-0.25, -0.2) is 0 Å². The third kappa shape index (κ3) is 5.74. The zero-order chi connectivity index (χ0) is 16.5. The molecule has 1 aromatic carbocycles. The molecule has 2 heterocycles. The maximum Gasteiger partial charge on any atom is 0.123 e. The maximum atomic E-state index is 6.04. The van der Waals surface area contributed by atoms with Crippen LogP contribution >= 0.6 is 0 Å². The van der Waals surface area contributed by atoms with E-state index < -0.39 is 0 Å². The molecule has 3 rings (SSSR count). The molecule has 5 heteroatoms. The standard InChI is InChI=1S/C19H31N3O2/c1-2-6-19(17(5-1)15-21-18-7-8-20-16-18)24-12-4-3-9-22-10-13-23-14-11-22/h1-2,5-6,18,20-21H,3-4,7-16H2. The molecule has 2 N–H and O–H groups in total. The molecule has 0 radical (unpaired) electrons. The van der Waals surface area contributed by atoms with E-state index in [0.717, 1.165) is 71.3 Å². The van der Waals surface area contributed by atoms with Crippen LogP contribution in [0.4, 0.5) is 0 Å². The lowest BCUT2D eigenvalue weighted by Gasteiger charge is -2.26. The van der Waals surface area contributed by atoms with E-state index in [1.54, 1.807) is 0 Å². The number of benzene rings is 1. The summed E-state index contributed by atoms with van der Waals surface area (Å²) in [6.45, 7) is 8.95. The molecule has 24 heavy (non-hydrogen) atoms. The van der Waals surface area contributed by atoms with E-state index in [0.29, 0.717) is 6.04 Å². The lowest BCUT2D eigenvalue weighted by atomic mass is 10.1. The van der Waals surface area contributed by atoms with E-state index in [4.69, 9.17) is 9.47 Å². The van der Waals surface area contributed by atoms with E-state index >= 15 is 0 Å². The van der Waals surface area contributed by atoms with E-state index in [1.165, 1.54) is 18.4 Å². The van der Waals surface area contributed by atoms with Crippen LogP contribution in [0.15, 0.2) is 24.3 Å². The fourth-order valence-corrected chi connectivity index (χ4v) is 3.32. The Labute approximate surface area is 145 Å². The number of rotatable bonds is 9. The Hall–Kier alpha value is -1.14. The van der Waals surface area contributed by atoms with Crippen LogP contribution in [0, 0.1) is 0 Å². The van der Waals surface area contributed by atoms with Gasteiger partial charge in [0.1, 0.15) is 5.75 Å². The normalized spacial score (nSPS) is 21.9. The van der Waals surface area contributed by atoms with Gasteiger partial charge in [-0.3, -0.25) is 4.90 Å². The highest BCUT2D eigenvalue weighted by Crippen LogP contribution is 2.18. The number of nitrogens with one attached hydrogen (secondary N) is 2. The molecule has 134 valence electrons. The van der Waals surface area contributed by atoms with Gasteiger partial charge in [-0.05, 0) is 38.4 Å². The minimum absolute atomic E-state index is 0.589. The van der Waals surface area contributed by atoms with Gasteiger partial charge in [0.05, 0.1) is 19.8 Å². The number of para-hydroxylation sites is 1. The molecular formula is C19H31N3O2. The molecular weight excluding hydrogens is 302 g/mol. The highest BCUT2D eigenvalue weighted by atomic mass is 16.5. The summed E-state index contributed by atoms with van der Waals surface area (Å²) in [5, 5.41) is 7.01. The summed E-state index contributed by atoms with van der Waals surface area (Å²) >= 11 is 0. The fourth-order valence-electron chi connectivity index (χ4n) is 3.32. The third-order valence-electron chi connectivity index (χ3n) is 4.84. The second-order valence-corrected chi connectivity index (χ2v) is 6.69. The van der Waals surface area contributed by atoms with Crippen molar-refractivity contribution in [2.45, 2.75) is 31.8 Å². The molecule has 1 aromatic rings. The Balaban J connectivity index is 1.35. The van der Waals surface area contributed by atoms with Crippen LogP contribution in [0.3, 0.4) is 0 Å². The first-order valence-electron chi connectivity index (χ1n) is 9.37. The van der Waals surface area contributed by atoms with E-state index in [2.05, 4.69) is 39.8 Å². The van der Waals surface area contributed by atoms with Crippen LogP contribution in [-0.4, -0.2) is 63.5 Å². The molecule has 2 saturated heterocycles. The quantitative estimate of drug-likeness (QED) is 0.673. The second-order valence-electron chi connectivity index (χ2n) is 6.69. The molecule has 0 aliphatic carbocycles. The summed E-state index contributed by atoms with van der Waals surface area (Å²) in [5.41, 5.74) is 1.26. The minimum atomic E-state index is 0.589. The zero-order valence-electron chi connectivity index (χ0n) is 14.6. The molecule has 1 unspecified atom stereocenters. The first-order chi connectivity index (χ1) is 11.9. The minimum Gasteiger partial charge on any atom is -0.493 e. The predicted molar refractivity (Wildman–Crippen MR) is 96.5 cm³/mol. The fraction of sp³-hybridized carbons (Fsp3) is 0.684. The van der Waals surface area contributed by atoms with Crippen molar-refractivity contribution in [1.82, 2.24) is 15.5 Å². The smallest absolute Gasteiger partial charge is 0.123 e. The van der Waals surface area contributed by atoms with E-state index in [-0.39, 0.29) is 0 Å². The van der Waals surface area contributed by atoms with Gasteiger partial charge in [-0.1, -0.05) is 18.2 Å². The van der Waals surface area contributed by atoms with Crippen molar-refractivity contribution in [3.05, 3.63) is 29.8 Å².